The van der Waals surface area contributed by atoms with Crippen LogP contribution in [0.1, 0.15) is 74.9 Å². The molecule has 0 aliphatic heterocycles. The number of nitrogens with zero attached hydrogens (tertiary/aromatic N) is 1. The molecule has 0 unspecified atom stereocenters. The van der Waals surface area contributed by atoms with Crippen LogP contribution < -0.4 is 4.90 Å². The number of hydrogen-bond donors (Lipinski definition) is 0. The van der Waals surface area contributed by atoms with Crippen molar-refractivity contribution in [3.8, 4) is 33.4 Å². The summed E-state index contributed by atoms with van der Waals surface area (Å²) in [4.78, 5) is 2.51. The molecule has 0 bridgehead atoms. The third-order valence-electron chi connectivity index (χ3n) is 12.4. The summed E-state index contributed by atoms with van der Waals surface area (Å²) in [5, 5.41) is 2.66. The molecular weight excluding hydrogens is 603 g/mol. The minimum Gasteiger partial charge on any atom is -0.310 e. The summed E-state index contributed by atoms with van der Waals surface area (Å²) in [6.45, 7) is 14.3. The van der Waals surface area contributed by atoms with Gasteiger partial charge >= 0.3 is 0 Å². The second-order valence-electron chi connectivity index (χ2n) is 16.2. The number of hydrogen-bond acceptors (Lipinski definition) is 1. The average Bonchev–Trinajstić information content (AvgIpc) is 3.61. The average molecular weight is 644 g/mol. The molecule has 0 N–H and O–H groups in total. The molecule has 7 aromatic carbocycles. The zero-order valence-electron chi connectivity index (χ0n) is 29.7. The molecule has 242 valence electrons. The van der Waals surface area contributed by atoms with Crippen molar-refractivity contribution >= 4 is 27.8 Å². The van der Waals surface area contributed by atoms with Crippen molar-refractivity contribution < 1.29 is 0 Å². The quantitative estimate of drug-likeness (QED) is 0.185. The van der Waals surface area contributed by atoms with Crippen LogP contribution in [0.4, 0.5) is 17.1 Å². The lowest BCUT2D eigenvalue weighted by molar-refractivity contribution is 0.660. The van der Waals surface area contributed by atoms with Gasteiger partial charge in [0.15, 0.2) is 0 Å². The van der Waals surface area contributed by atoms with Gasteiger partial charge in [-0.25, -0.2) is 0 Å². The van der Waals surface area contributed by atoms with Gasteiger partial charge in [0.1, 0.15) is 0 Å². The van der Waals surface area contributed by atoms with E-state index in [1.807, 2.05) is 0 Å². The Balaban J connectivity index is 1.19. The van der Waals surface area contributed by atoms with Gasteiger partial charge in [0.05, 0.1) is 0 Å². The van der Waals surface area contributed by atoms with E-state index in [0.717, 1.165) is 0 Å². The van der Waals surface area contributed by atoms with Crippen molar-refractivity contribution in [2.45, 2.75) is 57.8 Å². The Morgan fingerprint density at radius 3 is 1.28 bits per heavy atom. The van der Waals surface area contributed by atoms with Gasteiger partial charge in [0, 0.05) is 33.3 Å². The lowest BCUT2D eigenvalue weighted by Crippen LogP contribution is -2.19. The lowest BCUT2D eigenvalue weighted by Gasteiger charge is -2.31. The molecule has 10 rings (SSSR count). The standard InChI is InChI=1S/C49H41N/c1-47(2)41-17-11-9-15-35(41)37-24-20-31(27-43(37)47)50(32-21-25-38-36-16-10-12-18-42(36)48(3,4)44(38)28-32)33-22-26-39-40-23-19-30-13-7-8-14-34(30)46(40)49(5,6)45(39)29-33/h7-29H,1-6H3. The molecule has 7 aromatic rings. The van der Waals surface area contributed by atoms with Gasteiger partial charge in [0.25, 0.3) is 0 Å². The molecule has 0 atom stereocenters. The number of rotatable bonds is 3. The van der Waals surface area contributed by atoms with E-state index in [1.165, 1.54) is 94.6 Å². The van der Waals surface area contributed by atoms with E-state index in [0.29, 0.717) is 0 Å². The fraction of sp³-hybridized carbons (Fsp3) is 0.184. The van der Waals surface area contributed by atoms with Crippen LogP contribution >= 0.6 is 0 Å². The fourth-order valence-corrected chi connectivity index (χ4v) is 9.84. The molecule has 3 aliphatic carbocycles. The molecule has 0 fully saturated rings. The number of anilines is 3. The molecule has 0 saturated heterocycles. The van der Waals surface area contributed by atoms with Gasteiger partial charge in [-0.1, -0.05) is 145 Å². The van der Waals surface area contributed by atoms with Crippen molar-refractivity contribution in [1.29, 1.82) is 0 Å². The van der Waals surface area contributed by atoms with Crippen LogP contribution in [0.2, 0.25) is 0 Å². The van der Waals surface area contributed by atoms with Crippen LogP contribution in [0.15, 0.2) is 140 Å². The highest BCUT2D eigenvalue weighted by atomic mass is 15.1. The summed E-state index contributed by atoms with van der Waals surface area (Å²) in [7, 11) is 0. The highest BCUT2D eigenvalue weighted by molar-refractivity contribution is 5.98. The molecule has 1 heteroatoms. The number of fused-ring (bicyclic) bond motifs is 11. The van der Waals surface area contributed by atoms with Crippen LogP contribution in [0, 0.1) is 0 Å². The van der Waals surface area contributed by atoms with Gasteiger partial charge in [-0.2, -0.15) is 0 Å². The van der Waals surface area contributed by atoms with Gasteiger partial charge in [0.2, 0.25) is 0 Å². The normalized spacial score (nSPS) is 16.3. The van der Waals surface area contributed by atoms with E-state index in [2.05, 4.69) is 186 Å². The van der Waals surface area contributed by atoms with E-state index in [9.17, 15) is 0 Å². The topological polar surface area (TPSA) is 3.24 Å². The first-order chi connectivity index (χ1) is 24.1. The maximum atomic E-state index is 2.51. The van der Waals surface area contributed by atoms with Crippen molar-refractivity contribution in [3.05, 3.63) is 173 Å². The second-order valence-corrected chi connectivity index (χ2v) is 16.2. The van der Waals surface area contributed by atoms with Crippen LogP contribution in [0.5, 0.6) is 0 Å². The predicted octanol–water partition coefficient (Wildman–Crippen LogP) is 13.2. The van der Waals surface area contributed by atoms with Crippen molar-refractivity contribution in [1.82, 2.24) is 0 Å². The summed E-state index contributed by atoms with van der Waals surface area (Å²) in [6, 6.07) is 52.9. The first-order valence-corrected chi connectivity index (χ1v) is 18.0. The molecule has 0 spiro atoms. The first-order valence-electron chi connectivity index (χ1n) is 18.0. The monoisotopic (exact) mass is 643 g/mol. The Kier molecular flexibility index (Phi) is 5.82. The summed E-state index contributed by atoms with van der Waals surface area (Å²) >= 11 is 0. The Bertz CT molecular complexity index is 2470. The van der Waals surface area contributed by atoms with Crippen molar-refractivity contribution in [2.24, 2.45) is 0 Å². The van der Waals surface area contributed by atoms with Crippen molar-refractivity contribution in [3.63, 3.8) is 0 Å². The van der Waals surface area contributed by atoms with E-state index < -0.39 is 0 Å². The predicted molar refractivity (Wildman–Crippen MR) is 211 cm³/mol. The van der Waals surface area contributed by atoms with E-state index in [-0.39, 0.29) is 16.2 Å². The van der Waals surface area contributed by atoms with E-state index in [1.54, 1.807) is 0 Å². The Labute approximate surface area is 295 Å². The zero-order valence-corrected chi connectivity index (χ0v) is 29.7. The smallest absolute Gasteiger partial charge is 0.0465 e. The van der Waals surface area contributed by atoms with Gasteiger partial charge in [-0.3, -0.25) is 0 Å². The summed E-state index contributed by atoms with van der Waals surface area (Å²) in [5.74, 6) is 0. The van der Waals surface area contributed by atoms with E-state index >= 15 is 0 Å². The molecule has 50 heavy (non-hydrogen) atoms. The second kappa shape index (κ2) is 9.86. The molecule has 0 saturated carbocycles. The summed E-state index contributed by atoms with van der Waals surface area (Å²) < 4.78 is 0. The highest BCUT2D eigenvalue weighted by Crippen LogP contribution is 2.55. The van der Waals surface area contributed by atoms with Crippen LogP contribution in [-0.4, -0.2) is 0 Å². The molecule has 0 radical (unpaired) electrons. The first kappa shape index (κ1) is 29.5. The molecule has 1 nitrogen and oxygen atoms in total. The van der Waals surface area contributed by atoms with Gasteiger partial charge in [-0.05, 0) is 114 Å². The Morgan fingerprint density at radius 1 is 0.340 bits per heavy atom. The maximum absolute atomic E-state index is 2.51. The maximum Gasteiger partial charge on any atom is 0.0465 e. The highest BCUT2D eigenvalue weighted by Gasteiger charge is 2.40. The van der Waals surface area contributed by atoms with Crippen LogP contribution in [0.25, 0.3) is 44.2 Å². The third kappa shape index (κ3) is 3.78. The zero-order chi connectivity index (χ0) is 34.2. The molecule has 0 aromatic heterocycles. The molecule has 0 amide bonds. The SMILES string of the molecule is CC1(C)c2ccccc2-c2ccc(N(c3ccc4c(c3)C(C)(C)c3ccccc3-4)c3ccc4c(c3)C(C)(C)c3c-4ccc4ccccc34)cc21. The Morgan fingerprint density at radius 2 is 0.740 bits per heavy atom. The largest absolute Gasteiger partial charge is 0.310 e. The van der Waals surface area contributed by atoms with Gasteiger partial charge in [-0.15, -0.1) is 0 Å². The van der Waals surface area contributed by atoms with Gasteiger partial charge < -0.3 is 4.90 Å². The van der Waals surface area contributed by atoms with Crippen molar-refractivity contribution in [2.75, 3.05) is 4.90 Å². The summed E-state index contributed by atoms with van der Waals surface area (Å²) in [5.41, 5.74) is 19.7. The third-order valence-corrected chi connectivity index (χ3v) is 12.4. The molecular formula is C49H41N. The Hall–Kier alpha value is -5.40. The minimum atomic E-state index is -0.143. The number of benzene rings is 7. The lowest BCUT2D eigenvalue weighted by atomic mass is 9.80. The van der Waals surface area contributed by atoms with Crippen LogP contribution in [-0.2, 0) is 16.2 Å². The summed E-state index contributed by atoms with van der Waals surface area (Å²) in [6.07, 6.45) is 0. The fourth-order valence-electron chi connectivity index (χ4n) is 9.84. The molecule has 0 heterocycles. The minimum absolute atomic E-state index is 0.0855. The van der Waals surface area contributed by atoms with E-state index in [4.69, 9.17) is 0 Å². The van der Waals surface area contributed by atoms with Crippen LogP contribution in [0.3, 0.4) is 0 Å². The molecule has 3 aliphatic rings.